The van der Waals surface area contributed by atoms with Crippen molar-refractivity contribution in [2.24, 2.45) is 5.10 Å². The molecule has 8 heteroatoms. The number of hydrazone groups is 1. The van der Waals surface area contributed by atoms with Crippen LogP contribution in [0.2, 0.25) is 0 Å². The number of fused-ring (bicyclic) bond motifs is 1. The standard InChI is InChI=1S/C23H20N4O2S2/c1-15-7-3-6-10-19(15)27-22(29)17-8-4-5-9-18(17)25-23(27)31-14-21(28)26-24-13-20-16(2)11-12-30-20/h3-13H,14H2,1-2H3,(H,26,28)/b24-13-. The lowest BCUT2D eigenvalue weighted by Crippen LogP contribution is -2.24. The monoisotopic (exact) mass is 448 g/mol. The van der Waals surface area contributed by atoms with E-state index in [1.807, 2.05) is 61.7 Å². The number of thiophene rings is 1. The summed E-state index contributed by atoms with van der Waals surface area (Å²) in [6, 6.07) is 16.9. The van der Waals surface area contributed by atoms with Crippen molar-refractivity contribution in [2.45, 2.75) is 19.0 Å². The van der Waals surface area contributed by atoms with Crippen LogP contribution in [0.15, 0.2) is 75.0 Å². The number of hydrogen-bond acceptors (Lipinski definition) is 6. The van der Waals surface area contributed by atoms with Gasteiger partial charge < -0.3 is 0 Å². The fourth-order valence-corrected chi connectivity index (χ4v) is 4.66. The van der Waals surface area contributed by atoms with Crippen LogP contribution in [0, 0.1) is 13.8 Å². The van der Waals surface area contributed by atoms with Crippen LogP contribution in [0.1, 0.15) is 16.0 Å². The maximum atomic E-state index is 13.3. The number of para-hydroxylation sites is 2. The third-order valence-electron chi connectivity index (χ3n) is 4.71. The van der Waals surface area contributed by atoms with Crippen LogP contribution in [0.25, 0.3) is 16.6 Å². The summed E-state index contributed by atoms with van der Waals surface area (Å²) in [5, 5.41) is 7.01. The maximum Gasteiger partial charge on any atom is 0.266 e. The molecule has 1 amide bonds. The number of nitrogens with zero attached hydrogens (tertiary/aromatic N) is 3. The molecule has 2 aromatic heterocycles. The molecule has 0 spiro atoms. The summed E-state index contributed by atoms with van der Waals surface area (Å²) in [6.45, 7) is 3.94. The summed E-state index contributed by atoms with van der Waals surface area (Å²) in [7, 11) is 0. The topological polar surface area (TPSA) is 76.3 Å². The number of benzene rings is 2. The smallest absolute Gasteiger partial charge is 0.266 e. The van der Waals surface area contributed by atoms with E-state index in [1.165, 1.54) is 11.8 Å². The SMILES string of the molecule is Cc1ccccc1-n1c(SCC(=O)N/N=C\c2sccc2C)nc2ccccc2c1=O. The van der Waals surface area contributed by atoms with Crippen molar-refractivity contribution >= 4 is 46.1 Å². The number of carbonyl (C=O) groups is 1. The largest absolute Gasteiger partial charge is 0.272 e. The molecule has 1 N–H and O–H groups in total. The van der Waals surface area contributed by atoms with Crippen LogP contribution in [-0.4, -0.2) is 27.4 Å². The first kappa shape index (κ1) is 21.0. The number of aryl methyl sites for hydroxylation is 2. The Balaban J connectivity index is 1.61. The van der Waals surface area contributed by atoms with Crippen LogP contribution in [-0.2, 0) is 4.79 Å². The van der Waals surface area contributed by atoms with Crippen LogP contribution in [0.4, 0.5) is 0 Å². The minimum Gasteiger partial charge on any atom is -0.272 e. The van der Waals surface area contributed by atoms with E-state index in [1.54, 1.807) is 34.3 Å². The highest BCUT2D eigenvalue weighted by atomic mass is 32.2. The van der Waals surface area contributed by atoms with Gasteiger partial charge >= 0.3 is 0 Å². The lowest BCUT2D eigenvalue weighted by Gasteiger charge is -2.14. The number of thioether (sulfide) groups is 1. The molecule has 4 rings (SSSR count). The molecule has 2 aromatic carbocycles. The number of nitrogens with one attached hydrogen (secondary N) is 1. The minimum absolute atomic E-state index is 0.0808. The Morgan fingerprint density at radius 3 is 2.68 bits per heavy atom. The third kappa shape index (κ3) is 4.60. The highest BCUT2D eigenvalue weighted by Crippen LogP contribution is 2.23. The van der Waals surface area contributed by atoms with Crippen molar-refractivity contribution in [3.05, 3.63) is 86.3 Å². The number of aromatic nitrogens is 2. The fourth-order valence-electron chi connectivity index (χ4n) is 3.08. The first-order valence-electron chi connectivity index (χ1n) is 9.61. The molecule has 0 fully saturated rings. The average molecular weight is 449 g/mol. The summed E-state index contributed by atoms with van der Waals surface area (Å²) in [6.07, 6.45) is 1.64. The zero-order valence-corrected chi connectivity index (χ0v) is 18.7. The van der Waals surface area contributed by atoms with Crippen molar-refractivity contribution < 1.29 is 4.79 Å². The van der Waals surface area contributed by atoms with E-state index >= 15 is 0 Å². The molecule has 0 saturated carbocycles. The van der Waals surface area contributed by atoms with Gasteiger partial charge in [0.2, 0.25) is 0 Å². The summed E-state index contributed by atoms with van der Waals surface area (Å²) >= 11 is 2.77. The van der Waals surface area contributed by atoms with Gasteiger partial charge in [0.15, 0.2) is 5.16 Å². The molecular formula is C23H20N4O2S2. The Kier molecular flexibility index (Phi) is 6.29. The van der Waals surface area contributed by atoms with Gasteiger partial charge in [-0.25, -0.2) is 10.4 Å². The van der Waals surface area contributed by atoms with Crippen LogP contribution >= 0.6 is 23.1 Å². The van der Waals surface area contributed by atoms with Crippen molar-refractivity contribution in [3.8, 4) is 5.69 Å². The summed E-state index contributed by atoms with van der Waals surface area (Å²) in [5.41, 5.74) is 5.80. The van der Waals surface area contributed by atoms with Gasteiger partial charge in [0, 0.05) is 4.88 Å². The number of carbonyl (C=O) groups excluding carboxylic acids is 1. The quantitative estimate of drug-likeness (QED) is 0.206. The zero-order valence-electron chi connectivity index (χ0n) is 17.0. The average Bonchev–Trinajstić information content (AvgIpc) is 3.18. The van der Waals surface area contributed by atoms with Crippen LogP contribution < -0.4 is 11.0 Å². The number of amides is 1. The summed E-state index contributed by atoms with van der Waals surface area (Å²) < 4.78 is 1.58. The minimum atomic E-state index is -0.269. The van der Waals surface area contributed by atoms with Gasteiger partial charge in [0.05, 0.1) is 28.6 Å². The Morgan fingerprint density at radius 1 is 1.13 bits per heavy atom. The second kappa shape index (κ2) is 9.28. The van der Waals surface area contributed by atoms with Gasteiger partial charge in [-0.15, -0.1) is 11.3 Å². The Morgan fingerprint density at radius 2 is 1.90 bits per heavy atom. The van der Waals surface area contributed by atoms with Crippen molar-refractivity contribution in [1.82, 2.24) is 15.0 Å². The molecule has 0 bridgehead atoms. The molecule has 0 saturated heterocycles. The molecule has 0 radical (unpaired) electrons. The Hall–Kier alpha value is -3.23. The molecule has 0 aliphatic rings. The first-order chi connectivity index (χ1) is 15.0. The van der Waals surface area contributed by atoms with Crippen molar-refractivity contribution in [2.75, 3.05) is 5.75 Å². The second-order valence-corrected chi connectivity index (χ2v) is 8.78. The molecule has 0 aliphatic carbocycles. The maximum absolute atomic E-state index is 13.3. The van der Waals surface area contributed by atoms with Gasteiger partial charge in [0.25, 0.3) is 11.5 Å². The molecule has 0 aliphatic heterocycles. The molecule has 31 heavy (non-hydrogen) atoms. The molecule has 0 atom stereocenters. The van der Waals surface area contributed by atoms with E-state index in [-0.39, 0.29) is 17.2 Å². The van der Waals surface area contributed by atoms with Crippen LogP contribution in [0.5, 0.6) is 0 Å². The summed E-state index contributed by atoms with van der Waals surface area (Å²) in [5.74, 6) is -0.188. The number of hydrogen-bond donors (Lipinski definition) is 1. The van der Waals surface area contributed by atoms with Gasteiger partial charge in [0.1, 0.15) is 0 Å². The molecule has 2 heterocycles. The summed E-state index contributed by atoms with van der Waals surface area (Å²) in [4.78, 5) is 31.3. The Labute approximate surface area is 187 Å². The first-order valence-corrected chi connectivity index (χ1v) is 11.5. The van der Waals surface area contributed by atoms with E-state index in [2.05, 4.69) is 15.5 Å². The van der Waals surface area contributed by atoms with E-state index < -0.39 is 0 Å². The fraction of sp³-hybridized carbons (Fsp3) is 0.130. The van der Waals surface area contributed by atoms with E-state index in [0.717, 1.165) is 21.7 Å². The van der Waals surface area contributed by atoms with E-state index in [9.17, 15) is 9.59 Å². The van der Waals surface area contributed by atoms with E-state index in [4.69, 9.17) is 0 Å². The zero-order chi connectivity index (χ0) is 21.8. The predicted octanol–water partition coefficient (Wildman–Crippen LogP) is 4.31. The highest BCUT2D eigenvalue weighted by Gasteiger charge is 2.15. The second-order valence-electron chi connectivity index (χ2n) is 6.89. The van der Waals surface area contributed by atoms with Gasteiger partial charge in [-0.05, 0) is 54.6 Å². The van der Waals surface area contributed by atoms with Crippen LogP contribution in [0.3, 0.4) is 0 Å². The normalized spacial score (nSPS) is 11.3. The van der Waals surface area contributed by atoms with Gasteiger partial charge in [-0.1, -0.05) is 42.1 Å². The van der Waals surface area contributed by atoms with Crippen molar-refractivity contribution in [1.29, 1.82) is 0 Å². The molecule has 156 valence electrons. The molecule has 6 nitrogen and oxygen atoms in total. The predicted molar refractivity (Wildman–Crippen MR) is 128 cm³/mol. The van der Waals surface area contributed by atoms with Crippen molar-refractivity contribution in [3.63, 3.8) is 0 Å². The highest BCUT2D eigenvalue weighted by molar-refractivity contribution is 7.99. The third-order valence-corrected chi connectivity index (χ3v) is 6.60. The molecule has 4 aromatic rings. The lowest BCUT2D eigenvalue weighted by molar-refractivity contribution is -0.118. The van der Waals surface area contributed by atoms with Gasteiger partial charge in [-0.2, -0.15) is 5.10 Å². The Bertz CT molecular complexity index is 1340. The van der Waals surface area contributed by atoms with Gasteiger partial charge in [-0.3, -0.25) is 14.2 Å². The lowest BCUT2D eigenvalue weighted by atomic mass is 10.2. The number of rotatable bonds is 6. The molecule has 0 unspecified atom stereocenters. The van der Waals surface area contributed by atoms with E-state index in [0.29, 0.717) is 16.1 Å². The molecular weight excluding hydrogens is 428 g/mol.